The van der Waals surface area contributed by atoms with Crippen LogP contribution in [0.3, 0.4) is 0 Å². The summed E-state index contributed by atoms with van der Waals surface area (Å²) in [6, 6.07) is 1.22. The van der Waals surface area contributed by atoms with Crippen molar-refractivity contribution in [1.82, 2.24) is 10.2 Å². The van der Waals surface area contributed by atoms with Gasteiger partial charge in [0.25, 0.3) is 0 Å². The van der Waals surface area contributed by atoms with Crippen LogP contribution < -0.4 is 5.32 Å². The third-order valence-electron chi connectivity index (χ3n) is 3.87. The third-order valence-corrected chi connectivity index (χ3v) is 3.87. The number of hydrogen-bond acceptors (Lipinski definition) is 3. The maximum Gasteiger partial charge on any atom is 0.0637 e. The van der Waals surface area contributed by atoms with Gasteiger partial charge in [-0.2, -0.15) is 0 Å². The maximum atomic E-state index is 5.66. The lowest BCUT2D eigenvalue weighted by Crippen LogP contribution is -2.55. The zero-order valence-electron chi connectivity index (χ0n) is 10.7. The van der Waals surface area contributed by atoms with Gasteiger partial charge >= 0.3 is 0 Å². The molecule has 1 aliphatic carbocycles. The van der Waals surface area contributed by atoms with Crippen LogP contribution in [-0.2, 0) is 4.74 Å². The van der Waals surface area contributed by atoms with Gasteiger partial charge in [-0.15, -0.1) is 0 Å². The highest BCUT2D eigenvalue weighted by molar-refractivity contribution is 4.89. The predicted molar refractivity (Wildman–Crippen MR) is 66.7 cm³/mol. The van der Waals surface area contributed by atoms with Gasteiger partial charge in [0.15, 0.2) is 0 Å². The lowest BCUT2D eigenvalue weighted by atomic mass is 10.0. The molecule has 2 aliphatic rings. The molecule has 0 amide bonds. The van der Waals surface area contributed by atoms with Gasteiger partial charge in [0.1, 0.15) is 0 Å². The van der Waals surface area contributed by atoms with E-state index in [1.165, 1.54) is 32.4 Å². The van der Waals surface area contributed by atoms with Crippen LogP contribution >= 0.6 is 0 Å². The van der Waals surface area contributed by atoms with Crippen molar-refractivity contribution in [2.75, 3.05) is 33.4 Å². The largest absolute Gasteiger partial charge is 0.380 e. The van der Waals surface area contributed by atoms with E-state index in [-0.39, 0.29) is 0 Å². The van der Waals surface area contributed by atoms with Crippen LogP contribution in [0.5, 0.6) is 0 Å². The summed E-state index contributed by atoms with van der Waals surface area (Å²) in [5, 5.41) is 3.46. The van der Waals surface area contributed by atoms with E-state index >= 15 is 0 Å². The van der Waals surface area contributed by atoms with E-state index in [1.807, 2.05) is 0 Å². The van der Waals surface area contributed by atoms with E-state index in [1.54, 1.807) is 0 Å². The Bertz CT molecular complexity index is 206. The highest BCUT2D eigenvalue weighted by atomic mass is 16.5. The van der Waals surface area contributed by atoms with Crippen LogP contribution in [0.2, 0.25) is 0 Å². The van der Waals surface area contributed by atoms with Crippen LogP contribution in [0, 0.1) is 5.92 Å². The van der Waals surface area contributed by atoms with Crippen molar-refractivity contribution < 1.29 is 4.74 Å². The molecule has 3 heteroatoms. The van der Waals surface area contributed by atoms with E-state index in [9.17, 15) is 0 Å². The lowest BCUT2D eigenvalue weighted by Gasteiger charge is -2.39. The highest BCUT2D eigenvalue weighted by Gasteiger charge is 2.33. The summed E-state index contributed by atoms with van der Waals surface area (Å²) in [4.78, 5) is 2.66. The molecule has 0 aromatic carbocycles. The van der Waals surface area contributed by atoms with Crippen molar-refractivity contribution in [2.24, 2.45) is 5.92 Å². The minimum Gasteiger partial charge on any atom is -0.380 e. The Morgan fingerprint density at radius 2 is 2.12 bits per heavy atom. The van der Waals surface area contributed by atoms with Crippen molar-refractivity contribution in [3.05, 3.63) is 0 Å². The minimum atomic E-state index is 0.597. The van der Waals surface area contributed by atoms with Gasteiger partial charge < -0.3 is 10.1 Å². The topological polar surface area (TPSA) is 24.5 Å². The summed E-state index contributed by atoms with van der Waals surface area (Å²) in [7, 11) is 2.09. The zero-order chi connectivity index (χ0) is 11.4. The third kappa shape index (κ3) is 3.19. The van der Waals surface area contributed by atoms with Crippen LogP contribution in [-0.4, -0.2) is 50.3 Å². The van der Waals surface area contributed by atoms with Gasteiger partial charge in [0.2, 0.25) is 0 Å². The molecular formula is C13H26N2O. The lowest BCUT2D eigenvalue weighted by molar-refractivity contribution is -0.00318. The van der Waals surface area contributed by atoms with Crippen molar-refractivity contribution in [2.45, 2.75) is 44.7 Å². The smallest absolute Gasteiger partial charge is 0.0637 e. The number of nitrogens with one attached hydrogen (secondary N) is 1. The molecule has 1 heterocycles. The molecule has 1 aliphatic heterocycles. The fourth-order valence-electron chi connectivity index (χ4n) is 2.73. The summed E-state index contributed by atoms with van der Waals surface area (Å²) < 4.78 is 5.66. The quantitative estimate of drug-likeness (QED) is 0.742. The monoisotopic (exact) mass is 226 g/mol. The number of ether oxygens (including phenoxy) is 1. The Morgan fingerprint density at radius 1 is 1.31 bits per heavy atom. The molecule has 1 saturated carbocycles. The van der Waals surface area contributed by atoms with E-state index in [4.69, 9.17) is 4.74 Å². The van der Waals surface area contributed by atoms with Crippen LogP contribution in [0.25, 0.3) is 0 Å². The molecule has 2 rings (SSSR count). The first-order valence-electron chi connectivity index (χ1n) is 6.84. The summed E-state index contributed by atoms with van der Waals surface area (Å²) in [6.45, 7) is 6.63. The van der Waals surface area contributed by atoms with Gasteiger partial charge in [-0.25, -0.2) is 0 Å². The molecule has 0 spiro atoms. The molecular weight excluding hydrogens is 200 g/mol. The van der Waals surface area contributed by atoms with E-state index < -0.39 is 0 Å². The molecule has 3 nitrogen and oxygen atoms in total. The number of nitrogens with zero attached hydrogens (tertiary/aromatic N) is 1. The first-order valence-corrected chi connectivity index (χ1v) is 6.84. The summed E-state index contributed by atoms with van der Waals surface area (Å²) in [6.07, 6.45) is 5.29. The Balaban J connectivity index is 1.91. The minimum absolute atomic E-state index is 0.597. The standard InChI is InChI=1S/C13H26N2O/c1-3-7-15(9-11-4-5-11)13-10-16-8-6-12(13)14-2/h11-14H,3-10H2,1-2H3. The van der Waals surface area contributed by atoms with E-state index in [2.05, 4.69) is 24.2 Å². The van der Waals surface area contributed by atoms with E-state index in [0.717, 1.165) is 25.6 Å². The molecule has 2 fully saturated rings. The maximum absolute atomic E-state index is 5.66. The Morgan fingerprint density at radius 3 is 2.75 bits per heavy atom. The van der Waals surface area contributed by atoms with Gasteiger partial charge in [-0.05, 0) is 45.2 Å². The van der Waals surface area contributed by atoms with Crippen LogP contribution in [0.1, 0.15) is 32.6 Å². The van der Waals surface area contributed by atoms with Crippen LogP contribution in [0.15, 0.2) is 0 Å². The van der Waals surface area contributed by atoms with E-state index in [0.29, 0.717) is 12.1 Å². The summed E-state index contributed by atoms with van der Waals surface area (Å²) >= 11 is 0. The average molecular weight is 226 g/mol. The second-order valence-electron chi connectivity index (χ2n) is 5.26. The molecule has 2 unspecified atom stereocenters. The Kier molecular flexibility index (Phi) is 4.62. The SMILES string of the molecule is CCCN(CC1CC1)C1COCCC1NC. The first-order chi connectivity index (χ1) is 7.85. The molecule has 94 valence electrons. The van der Waals surface area contributed by atoms with Crippen molar-refractivity contribution in [3.8, 4) is 0 Å². The fraction of sp³-hybridized carbons (Fsp3) is 1.00. The average Bonchev–Trinajstić information content (AvgIpc) is 3.12. The number of rotatable bonds is 6. The number of hydrogen-bond donors (Lipinski definition) is 1. The molecule has 0 radical (unpaired) electrons. The predicted octanol–water partition coefficient (Wildman–Crippen LogP) is 1.49. The molecule has 0 aromatic rings. The second kappa shape index (κ2) is 5.99. The van der Waals surface area contributed by atoms with Crippen molar-refractivity contribution >= 4 is 0 Å². The molecule has 16 heavy (non-hydrogen) atoms. The van der Waals surface area contributed by atoms with Crippen molar-refractivity contribution in [3.63, 3.8) is 0 Å². The molecule has 2 atom stereocenters. The van der Waals surface area contributed by atoms with Gasteiger partial charge in [0.05, 0.1) is 6.61 Å². The van der Waals surface area contributed by atoms with Gasteiger partial charge in [0, 0.05) is 25.2 Å². The van der Waals surface area contributed by atoms with Gasteiger partial charge in [-0.1, -0.05) is 6.92 Å². The van der Waals surface area contributed by atoms with Crippen molar-refractivity contribution in [1.29, 1.82) is 0 Å². The molecule has 0 bridgehead atoms. The first kappa shape index (κ1) is 12.3. The molecule has 0 aromatic heterocycles. The van der Waals surface area contributed by atoms with Gasteiger partial charge in [-0.3, -0.25) is 4.90 Å². The highest BCUT2D eigenvalue weighted by Crippen LogP contribution is 2.31. The second-order valence-corrected chi connectivity index (χ2v) is 5.26. The number of likely N-dealkylation sites (N-methyl/N-ethyl adjacent to an activating group) is 1. The Labute approximate surface area is 99.5 Å². The normalized spacial score (nSPS) is 30.9. The molecule has 1 saturated heterocycles. The molecule has 1 N–H and O–H groups in total. The zero-order valence-corrected chi connectivity index (χ0v) is 10.7. The summed E-state index contributed by atoms with van der Waals surface area (Å²) in [5.74, 6) is 0.978. The Hall–Kier alpha value is -0.120. The fourth-order valence-corrected chi connectivity index (χ4v) is 2.73. The summed E-state index contributed by atoms with van der Waals surface area (Å²) in [5.41, 5.74) is 0. The van der Waals surface area contributed by atoms with Crippen LogP contribution in [0.4, 0.5) is 0 Å².